The van der Waals surface area contributed by atoms with Gasteiger partial charge in [0, 0.05) is 13.1 Å². The average molecular weight is 324 g/mol. The van der Waals surface area contributed by atoms with Crippen LogP contribution in [-0.2, 0) is 28.7 Å². The molecule has 0 aromatic heterocycles. The summed E-state index contributed by atoms with van der Waals surface area (Å²) in [5, 5.41) is 1.90. The maximum Gasteiger partial charge on any atom is 0.408 e. The summed E-state index contributed by atoms with van der Waals surface area (Å²) >= 11 is 0. The molecule has 0 aromatic carbocycles. The minimum atomic E-state index is -1.98. The molecule has 1 amide bonds. The quantitative estimate of drug-likeness (QED) is 0.487. The minimum absolute atomic E-state index is 0.375. The molecule has 23 heavy (non-hydrogen) atoms. The molecule has 0 spiro atoms. The van der Waals surface area contributed by atoms with Crippen LogP contribution in [0.3, 0.4) is 0 Å². The molecule has 0 bridgehead atoms. The third-order valence-electron chi connectivity index (χ3n) is 3.90. The van der Waals surface area contributed by atoms with E-state index >= 15 is 0 Å². The van der Waals surface area contributed by atoms with Crippen molar-refractivity contribution < 1.29 is 33.5 Å². The number of rotatable bonds is 3. The Kier molecular flexibility index (Phi) is 4.99. The van der Waals surface area contributed by atoms with E-state index in [4.69, 9.17) is 4.74 Å². The number of nitrogens with one attached hydrogen (secondary N) is 1. The summed E-state index contributed by atoms with van der Waals surface area (Å²) in [5.41, 5.74) is 0. The van der Waals surface area contributed by atoms with E-state index in [9.17, 15) is 28.8 Å². The van der Waals surface area contributed by atoms with Crippen LogP contribution >= 0.6 is 0 Å². The number of piperidine rings is 1. The highest BCUT2D eigenvalue weighted by atomic mass is 16.6. The van der Waals surface area contributed by atoms with Gasteiger partial charge in [-0.25, -0.2) is 4.79 Å². The SMILES string of the molecule is CCN1CCC(OC(=O)NC2C(=O)C(=O)C(=O)C(=O)C2=O)CC1. The van der Waals surface area contributed by atoms with E-state index in [1.165, 1.54) is 0 Å². The third kappa shape index (κ3) is 3.50. The van der Waals surface area contributed by atoms with Crippen molar-refractivity contribution in [2.24, 2.45) is 0 Å². The molecular weight excluding hydrogens is 308 g/mol. The van der Waals surface area contributed by atoms with Gasteiger partial charge in [0.25, 0.3) is 17.3 Å². The van der Waals surface area contributed by atoms with Gasteiger partial charge >= 0.3 is 6.09 Å². The van der Waals surface area contributed by atoms with Crippen molar-refractivity contribution in [3.8, 4) is 0 Å². The first kappa shape index (κ1) is 16.9. The van der Waals surface area contributed by atoms with Crippen LogP contribution in [0.4, 0.5) is 4.79 Å². The number of Topliss-reactive ketones (excluding diaryl/α,β-unsaturated/α-hetero) is 5. The van der Waals surface area contributed by atoms with E-state index in [0.29, 0.717) is 12.8 Å². The highest BCUT2D eigenvalue weighted by Crippen LogP contribution is 2.14. The normalized spacial score (nSPS) is 21.7. The standard InChI is InChI=1S/C14H16N2O7/c1-2-16-5-3-7(4-6-16)23-14(22)15-8-9(17)11(19)13(21)12(20)10(8)18/h7-8H,2-6H2,1H3,(H,15,22). The molecule has 2 fully saturated rings. The molecule has 1 saturated carbocycles. The first-order valence-electron chi connectivity index (χ1n) is 7.25. The molecule has 0 atom stereocenters. The predicted molar refractivity (Wildman–Crippen MR) is 73.6 cm³/mol. The number of carbonyl (C=O) groups excluding carboxylic acids is 6. The molecule has 2 rings (SSSR count). The van der Waals surface area contributed by atoms with E-state index in [2.05, 4.69) is 4.90 Å². The topological polar surface area (TPSA) is 127 Å². The lowest BCUT2D eigenvalue weighted by Crippen LogP contribution is -2.59. The molecule has 9 heteroatoms. The summed E-state index contributed by atoms with van der Waals surface area (Å²) in [4.78, 5) is 70.7. The van der Waals surface area contributed by atoms with E-state index in [0.717, 1.165) is 19.6 Å². The molecule has 0 unspecified atom stereocenters. The molecule has 0 aromatic rings. The molecule has 1 N–H and O–H groups in total. The van der Waals surface area contributed by atoms with Gasteiger partial charge in [-0.1, -0.05) is 6.92 Å². The average Bonchev–Trinajstić information content (AvgIpc) is 2.56. The van der Waals surface area contributed by atoms with Crippen LogP contribution in [0, 0.1) is 0 Å². The smallest absolute Gasteiger partial charge is 0.408 e. The number of ketones is 5. The van der Waals surface area contributed by atoms with Gasteiger partial charge in [-0.05, 0) is 19.4 Å². The summed E-state index contributed by atoms with van der Waals surface area (Å²) < 4.78 is 5.09. The Labute approximate surface area is 131 Å². The molecule has 1 heterocycles. The van der Waals surface area contributed by atoms with Crippen molar-refractivity contribution >= 4 is 35.0 Å². The lowest BCUT2D eigenvalue weighted by Gasteiger charge is -2.30. The Hall–Kier alpha value is -2.42. The monoisotopic (exact) mass is 324 g/mol. The summed E-state index contributed by atoms with van der Waals surface area (Å²) in [5.74, 6) is -7.71. The van der Waals surface area contributed by atoms with Gasteiger partial charge < -0.3 is 15.0 Å². The van der Waals surface area contributed by atoms with Crippen LogP contribution in [0.5, 0.6) is 0 Å². The predicted octanol–water partition coefficient (Wildman–Crippen LogP) is -1.58. The van der Waals surface area contributed by atoms with E-state index < -0.39 is 41.1 Å². The molecule has 1 saturated heterocycles. The number of carbonyl (C=O) groups is 6. The van der Waals surface area contributed by atoms with Crippen molar-refractivity contribution in [3.05, 3.63) is 0 Å². The van der Waals surface area contributed by atoms with Crippen molar-refractivity contribution in [1.82, 2.24) is 10.2 Å². The van der Waals surface area contributed by atoms with E-state index in [1.54, 1.807) is 0 Å². The second-order valence-corrected chi connectivity index (χ2v) is 5.33. The van der Waals surface area contributed by atoms with E-state index in [-0.39, 0.29) is 6.10 Å². The fraction of sp³-hybridized carbons (Fsp3) is 0.571. The molecule has 1 aliphatic carbocycles. The third-order valence-corrected chi connectivity index (χ3v) is 3.90. The van der Waals surface area contributed by atoms with Crippen molar-refractivity contribution in [2.75, 3.05) is 19.6 Å². The molecule has 0 radical (unpaired) electrons. The lowest BCUT2D eigenvalue weighted by atomic mass is 9.89. The first-order chi connectivity index (χ1) is 10.8. The zero-order valence-electron chi connectivity index (χ0n) is 12.5. The number of likely N-dealkylation sites (tertiary alicyclic amines) is 1. The number of hydrogen-bond donors (Lipinski definition) is 1. The Bertz CT molecular complexity index is 560. The van der Waals surface area contributed by atoms with E-state index in [1.807, 2.05) is 12.2 Å². The Morgan fingerprint density at radius 2 is 1.57 bits per heavy atom. The van der Waals surface area contributed by atoms with Gasteiger partial charge in [-0.3, -0.25) is 24.0 Å². The van der Waals surface area contributed by atoms with Crippen LogP contribution < -0.4 is 5.32 Å². The first-order valence-corrected chi connectivity index (χ1v) is 7.25. The number of hydrogen-bond acceptors (Lipinski definition) is 8. The van der Waals surface area contributed by atoms with Gasteiger partial charge in [0.05, 0.1) is 0 Å². The summed E-state index contributed by atoms with van der Waals surface area (Å²) in [6.07, 6.45) is -0.241. The van der Waals surface area contributed by atoms with Gasteiger partial charge in [-0.15, -0.1) is 0 Å². The number of ether oxygens (including phenoxy) is 1. The van der Waals surface area contributed by atoms with Gasteiger partial charge in [0.1, 0.15) is 6.10 Å². The number of amides is 1. The largest absolute Gasteiger partial charge is 0.446 e. The number of alkyl carbamates (subject to hydrolysis) is 1. The molecule has 2 aliphatic rings. The molecular formula is C14H16N2O7. The van der Waals surface area contributed by atoms with Crippen molar-refractivity contribution in [1.29, 1.82) is 0 Å². The molecule has 9 nitrogen and oxygen atoms in total. The summed E-state index contributed by atoms with van der Waals surface area (Å²) in [6, 6.07) is -1.98. The Morgan fingerprint density at radius 3 is 2.04 bits per heavy atom. The van der Waals surface area contributed by atoms with Crippen molar-refractivity contribution in [3.63, 3.8) is 0 Å². The van der Waals surface area contributed by atoms with Crippen LogP contribution in [0.2, 0.25) is 0 Å². The van der Waals surface area contributed by atoms with Crippen LogP contribution in [-0.4, -0.2) is 71.7 Å². The maximum atomic E-state index is 11.8. The molecule has 124 valence electrons. The van der Waals surface area contributed by atoms with Crippen LogP contribution in [0.25, 0.3) is 0 Å². The van der Waals surface area contributed by atoms with Crippen LogP contribution in [0.1, 0.15) is 19.8 Å². The zero-order valence-corrected chi connectivity index (χ0v) is 12.5. The highest BCUT2D eigenvalue weighted by molar-refractivity contribution is 6.92. The second-order valence-electron chi connectivity index (χ2n) is 5.33. The highest BCUT2D eigenvalue weighted by Gasteiger charge is 2.49. The lowest BCUT2D eigenvalue weighted by molar-refractivity contribution is -0.156. The Morgan fingerprint density at radius 1 is 1.04 bits per heavy atom. The van der Waals surface area contributed by atoms with Gasteiger partial charge in [0.15, 0.2) is 6.04 Å². The zero-order chi connectivity index (χ0) is 17.1. The Balaban J connectivity index is 1.93. The summed E-state index contributed by atoms with van der Waals surface area (Å²) in [7, 11) is 0. The van der Waals surface area contributed by atoms with Gasteiger partial charge in [-0.2, -0.15) is 0 Å². The summed E-state index contributed by atoms with van der Waals surface area (Å²) in [6.45, 7) is 4.41. The fourth-order valence-corrected chi connectivity index (χ4v) is 2.49. The van der Waals surface area contributed by atoms with Gasteiger partial charge in [0.2, 0.25) is 11.6 Å². The second kappa shape index (κ2) is 6.78. The molecule has 1 aliphatic heterocycles. The number of nitrogens with zero attached hydrogens (tertiary/aromatic N) is 1. The minimum Gasteiger partial charge on any atom is -0.446 e. The van der Waals surface area contributed by atoms with Crippen LogP contribution in [0.15, 0.2) is 0 Å². The van der Waals surface area contributed by atoms with Crippen molar-refractivity contribution in [2.45, 2.75) is 31.9 Å². The maximum absolute atomic E-state index is 11.8. The fourth-order valence-electron chi connectivity index (χ4n) is 2.49.